The molecule has 2 atom stereocenters. The number of carbonyl (C=O) groups is 1. The Balaban J connectivity index is 1.80. The SMILES string of the molecule is CN(CC(=O)Nc1ccccc1Cl)CC1CCCC1O. The van der Waals surface area contributed by atoms with Crippen LogP contribution in [0.3, 0.4) is 0 Å². The molecule has 0 bridgehead atoms. The summed E-state index contributed by atoms with van der Waals surface area (Å²) in [4.78, 5) is 13.9. The van der Waals surface area contributed by atoms with Gasteiger partial charge in [0.2, 0.25) is 5.91 Å². The van der Waals surface area contributed by atoms with Gasteiger partial charge in [-0.05, 0) is 37.9 Å². The van der Waals surface area contributed by atoms with Crippen LogP contribution in [0.25, 0.3) is 0 Å². The first-order chi connectivity index (χ1) is 9.56. The van der Waals surface area contributed by atoms with Crippen molar-refractivity contribution in [3.8, 4) is 0 Å². The van der Waals surface area contributed by atoms with Crippen molar-refractivity contribution < 1.29 is 9.90 Å². The number of nitrogens with zero attached hydrogens (tertiary/aromatic N) is 1. The Morgan fingerprint density at radius 3 is 2.85 bits per heavy atom. The largest absolute Gasteiger partial charge is 0.393 e. The lowest BCUT2D eigenvalue weighted by Gasteiger charge is -2.22. The second kappa shape index (κ2) is 7.07. The summed E-state index contributed by atoms with van der Waals surface area (Å²) >= 11 is 6.00. The van der Waals surface area contributed by atoms with E-state index in [1.165, 1.54) is 0 Å². The molecule has 1 aliphatic rings. The van der Waals surface area contributed by atoms with Crippen molar-refractivity contribution in [3.63, 3.8) is 0 Å². The summed E-state index contributed by atoms with van der Waals surface area (Å²) in [5.41, 5.74) is 0.633. The van der Waals surface area contributed by atoms with Crippen LogP contribution < -0.4 is 5.32 Å². The van der Waals surface area contributed by atoms with Gasteiger partial charge in [0.05, 0.1) is 23.4 Å². The highest BCUT2D eigenvalue weighted by Crippen LogP contribution is 2.26. The number of anilines is 1. The van der Waals surface area contributed by atoms with Crippen LogP contribution in [0.5, 0.6) is 0 Å². The third kappa shape index (κ3) is 4.20. The average Bonchev–Trinajstić information content (AvgIpc) is 2.77. The van der Waals surface area contributed by atoms with Gasteiger partial charge in [0.15, 0.2) is 0 Å². The van der Waals surface area contributed by atoms with Crippen molar-refractivity contribution in [1.29, 1.82) is 0 Å². The summed E-state index contributed by atoms with van der Waals surface area (Å²) in [5.74, 6) is 0.196. The monoisotopic (exact) mass is 296 g/mol. The van der Waals surface area contributed by atoms with E-state index in [0.29, 0.717) is 17.3 Å². The van der Waals surface area contributed by atoms with Gasteiger partial charge < -0.3 is 10.4 Å². The number of aliphatic hydroxyl groups is 1. The van der Waals surface area contributed by atoms with Crippen LogP contribution in [-0.2, 0) is 4.79 Å². The summed E-state index contributed by atoms with van der Waals surface area (Å²) < 4.78 is 0. The molecule has 1 aromatic rings. The first-order valence-corrected chi connectivity index (χ1v) is 7.35. The Labute approximate surface area is 124 Å². The van der Waals surface area contributed by atoms with Crippen LogP contribution in [-0.4, -0.2) is 42.2 Å². The molecule has 0 spiro atoms. The summed E-state index contributed by atoms with van der Waals surface area (Å²) in [5, 5.41) is 13.1. The Bertz CT molecular complexity index is 467. The molecule has 1 saturated carbocycles. The van der Waals surface area contributed by atoms with Crippen molar-refractivity contribution in [2.45, 2.75) is 25.4 Å². The first-order valence-electron chi connectivity index (χ1n) is 6.97. The smallest absolute Gasteiger partial charge is 0.238 e. The topological polar surface area (TPSA) is 52.6 Å². The molecule has 5 heteroatoms. The van der Waals surface area contributed by atoms with Gasteiger partial charge in [-0.3, -0.25) is 9.69 Å². The van der Waals surface area contributed by atoms with Gasteiger partial charge in [0.1, 0.15) is 0 Å². The van der Waals surface area contributed by atoms with Gasteiger partial charge in [-0.1, -0.05) is 30.2 Å². The summed E-state index contributed by atoms with van der Waals surface area (Å²) in [7, 11) is 1.90. The lowest BCUT2D eigenvalue weighted by Crippen LogP contribution is -2.35. The minimum atomic E-state index is -0.218. The zero-order valence-corrected chi connectivity index (χ0v) is 12.4. The molecule has 0 heterocycles. The number of hydrogen-bond donors (Lipinski definition) is 2. The van der Waals surface area contributed by atoms with E-state index in [1.807, 2.05) is 24.1 Å². The molecule has 0 aromatic heterocycles. The number of amides is 1. The average molecular weight is 297 g/mol. The van der Waals surface area contributed by atoms with Crippen molar-refractivity contribution in [1.82, 2.24) is 4.90 Å². The van der Waals surface area contributed by atoms with Crippen molar-refractivity contribution in [2.75, 3.05) is 25.5 Å². The fourth-order valence-corrected chi connectivity index (χ4v) is 2.88. The Kier molecular flexibility index (Phi) is 5.40. The van der Waals surface area contributed by atoms with Crippen LogP contribution in [0.15, 0.2) is 24.3 Å². The normalized spacial score (nSPS) is 22.2. The highest BCUT2D eigenvalue weighted by atomic mass is 35.5. The standard InChI is InChI=1S/C15H21ClN2O2/c1-18(9-11-5-4-8-14(11)19)10-15(20)17-13-7-3-2-6-12(13)16/h2-3,6-7,11,14,19H,4-5,8-10H2,1H3,(H,17,20). The zero-order valence-electron chi connectivity index (χ0n) is 11.7. The second-order valence-electron chi connectivity index (χ2n) is 5.48. The fourth-order valence-electron chi connectivity index (χ4n) is 2.69. The molecule has 1 amide bonds. The Hall–Kier alpha value is -1.10. The van der Waals surface area contributed by atoms with E-state index < -0.39 is 0 Å². The van der Waals surface area contributed by atoms with Crippen LogP contribution in [0.1, 0.15) is 19.3 Å². The number of rotatable bonds is 5. The number of halogens is 1. The minimum absolute atomic E-state index is 0.0897. The Morgan fingerprint density at radius 2 is 2.20 bits per heavy atom. The highest BCUT2D eigenvalue weighted by Gasteiger charge is 2.26. The third-order valence-electron chi connectivity index (χ3n) is 3.73. The third-order valence-corrected chi connectivity index (χ3v) is 4.06. The second-order valence-corrected chi connectivity index (χ2v) is 5.89. The molecule has 1 fully saturated rings. The van der Waals surface area contributed by atoms with Crippen molar-refractivity contribution >= 4 is 23.2 Å². The van der Waals surface area contributed by atoms with E-state index >= 15 is 0 Å². The maximum atomic E-state index is 12.0. The van der Waals surface area contributed by atoms with Crippen LogP contribution >= 0.6 is 11.6 Å². The molecule has 110 valence electrons. The first kappa shape index (κ1) is 15.3. The predicted molar refractivity (Wildman–Crippen MR) is 80.9 cm³/mol. The van der Waals surface area contributed by atoms with E-state index in [-0.39, 0.29) is 17.9 Å². The van der Waals surface area contributed by atoms with E-state index in [2.05, 4.69) is 5.32 Å². The van der Waals surface area contributed by atoms with Gasteiger partial charge in [-0.2, -0.15) is 0 Å². The van der Waals surface area contributed by atoms with E-state index in [1.54, 1.807) is 12.1 Å². The molecule has 0 saturated heterocycles. The molecule has 4 nitrogen and oxygen atoms in total. The molecule has 0 aliphatic heterocycles. The van der Waals surface area contributed by atoms with Crippen LogP contribution in [0.2, 0.25) is 5.02 Å². The van der Waals surface area contributed by atoms with Gasteiger partial charge in [0, 0.05) is 6.54 Å². The number of benzene rings is 1. The lowest BCUT2D eigenvalue weighted by atomic mass is 10.1. The number of aliphatic hydroxyl groups excluding tert-OH is 1. The molecule has 2 N–H and O–H groups in total. The molecule has 2 unspecified atom stereocenters. The zero-order chi connectivity index (χ0) is 14.5. The van der Waals surface area contributed by atoms with Crippen LogP contribution in [0.4, 0.5) is 5.69 Å². The summed E-state index contributed by atoms with van der Waals surface area (Å²) in [6.45, 7) is 1.05. The minimum Gasteiger partial charge on any atom is -0.393 e. The molecule has 20 heavy (non-hydrogen) atoms. The van der Waals surface area contributed by atoms with E-state index in [9.17, 15) is 9.90 Å². The number of likely N-dealkylation sites (N-methyl/N-ethyl adjacent to an activating group) is 1. The fraction of sp³-hybridized carbons (Fsp3) is 0.533. The maximum absolute atomic E-state index is 12.0. The number of carbonyl (C=O) groups excluding carboxylic acids is 1. The van der Waals surface area contributed by atoms with Crippen LogP contribution in [0, 0.1) is 5.92 Å². The highest BCUT2D eigenvalue weighted by molar-refractivity contribution is 6.33. The molecular weight excluding hydrogens is 276 g/mol. The van der Waals surface area contributed by atoms with E-state index in [4.69, 9.17) is 11.6 Å². The van der Waals surface area contributed by atoms with Gasteiger partial charge >= 0.3 is 0 Å². The molecule has 1 aliphatic carbocycles. The molecular formula is C15H21ClN2O2. The van der Waals surface area contributed by atoms with E-state index in [0.717, 1.165) is 25.8 Å². The predicted octanol–water partition coefficient (Wildman–Crippen LogP) is 2.37. The summed E-state index contributed by atoms with van der Waals surface area (Å²) in [6.07, 6.45) is 2.78. The van der Waals surface area contributed by atoms with Crippen molar-refractivity contribution in [3.05, 3.63) is 29.3 Å². The lowest BCUT2D eigenvalue weighted by molar-refractivity contribution is -0.117. The van der Waals surface area contributed by atoms with Crippen molar-refractivity contribution in [2.24, 2.45) is 5.92 Å². The quantitative estimate of drug-likeness (QED) is 0.877. The number of nitrogens with one attached hydrogen (secondary N) is 1. The Morgan fingerprint density at radius 1 is 1.45 bits per heavy atom. The number of para-hydroxylation sites is 1. The van der Waals surface area contributed by atoms with Gasteiger partial charge in [-0.25, -0.2) is 0 Å². The summed E-state index contributed by atoms with van der Waals surface area (Å²) in [6, 6.07) is 7.18. The van der Waals surface area contributed by atoms with Gasteiger partial charge in [0.25, 0.3) is 0 Å². The number of hydrogen-bond acceptors (Lipinski definition) is 3. The molecule has 1 aromatic carbocycles. The molecule has 0 radical (unpaired) electrons. The maximum Gasteiger partial charge on any atom is 0.238 e. The van der Waals surface area contributed by atoms with Gasteiger partial charge in [-0.15, -0.1) is 0 Å². The molecule has 2 rings (SSSR count).